The van der Waals surface area contributed by atoms with Crippen molar-refractivity contribution in [3.05, 3.63) is 18.2 Å². The van der Waals surface area contributed by atoms with Crippen LogP contribution in [0.4, 0.5) is 0 Å². The van der Waals surface area contributed by atoms with Crippen LogP contribution in [0.5, 0.6) is 0 Å². The van der Waals surface area contributed by atoms with Crippen molar-refractivity contribution in [3.63, 3.8) is 0 Å². The minimum atomic E-state index is -4.17. The molecule has 2 N–H and O–H groups in total. The zero-order valence-corrected chi connectivity index (χ0v) is 8.20. The summed E-state index contributed by atoms with van der Waals surface area (Å²) in [5, 5.41) is 9.16. The molecule has 0 aliphatic rings. The van der Waals surface area contributed by atoms with Crippen LogP contribution in [0.25, 0.3) is 0 Å². The van der Waals surface area contributed by atoms with E-state index in [1.165, 1.54) is 12.5 Å². The molecule has 14 heavy (non-hydrogen) atoms. The van der Waals surface area contributed by atoms with E-state index in [9.17, 15) is 13.5 Å². The molecule has 1 radical (unpaired) electrons. The van der Waals surface area contributed by atoms with Gasteiger partial charge in [-0.3, -0.25) is 4.55 Å². The van der Waals surface area contributed by atoms with E-state index in [4.69, 9.17) is 4.55 Å². The van der Waals surface area contributed by atoms with Crippen LogP contribution < -0.4 is 0 Å². The van der Waals surface area contributed by atoms with Crippen molar-refractivity contribution in [2.45, 2.75) is 18.1 Å². The summed E-state index contributed by atoms with van der Waals surface area (Å²) in [6.45, 7) is -0.361. The van der Waals surface area contributed by atoms with Gasteiger partial charge < -0.3 is 4.98 Å². The van der Waals surface area contributed by atoms with E-state index < -0.39 is 15.4 Å². The van der Waals surface area contributed by atoms with Crippen molar-refractivity contribution in [2.75, 3.05) is 6.61 Å². The number of imidazole rings is 1. The fraction of sp³-hybridized carbons (Fsp3) is 0.571. The molecule has 1 aromatic heterocycles. The van der Waals surface area contributed by atoms with Gasteiger partial charge in [0.15, 0.2) is 0 Å². The number of rotatable bonds is 5. The molecule has 1 aromatic rings. The lowest BCUT2D eigenvalue weighted by atomic mass is 10.2. The first-order valence-corrected chi connectivity index (χ1v) is 5.58. The van der Waals surface area contributed by atoms with Gasteiger partial charge in [0.05, 0.1) is 18.6 Å². The number of H-pyrrole nitrogens is 1. The average molecular weight is 219 g/mol. The number of aromatic amines is 1. The Bertz CT molecular complexity index is 359. The highest BCUT2D eigenvalue weighted by Gasteiger charge is 2.25. The van der Waals surface area contributed by atoms with Crippen LogP contribution in [0.15, 0.2) is 12.5 Å². The van der Waals surface area contributed by atoms with E-state index in [2.05, 4.69) is 9.97 Å². The molecule has 0 amide bonds. The van der Waals surface area contributed by atoms with Crippen LogP contribution in [0.3, 0.4) is 0 Å². The van der Waals surface area contributed by atoms with Gasteiger partial charge in [-0.25, -0.2) is 10.1 Å². The topological polar surface area (TPSA) is 103 Å². The Morgan fingerprint density at radius 3 is 2.71 bits per heavy atom. The number of aromatic nitrogens is 2. The fourth-order valence-electron chi connectivity index (χ4n) is 1.18. The zero-order valence-electron chi connectivity index (χ0n) is 7.38. The molecule has 1 atom stereocenters. The van der Waals surface area contributed by atoms with Gasteiger partial charge in [0, 0.05) is 6.20 Å². The monoisotopic (exact) mass is 219 g/mol. The molecule has 79 valence electrons. The van der Waals surface area contributed by atoms with Gasteiger partial charge in [0.25, 0.3) is 10.1 Å². The highest BCUT2D eigenvalue weighted by molar-refractivity contribution is 7.86. The number of hydrogen-bond donors (Lipinski definition) is 2. The van der Waals surface area contributed by atoms with Gasteiger partial charge in [-0.15, -0.1) is 0 Å². The summed E-state index contributed by atoms with van der Waals surface area (Å²) in [4.78, 5) is 6.26. The van der Waals surface area contributed by atoms with Crippen molar-refractivity contribution in [3.8, 4) is 0 Å². The summed E-state index contributed by atoms with van der Waals surface area (Å²) in [6.07, 6.45) is 2.95. The molecule has 0 saturated carbocycles. The summed E-state index contributed by atoms with van der Waals surface area (Å²) in [6, 6.07) is 0. The van der Waals surface area contributed by atoms with E-state index in [1.807, 2.05) is 0 Å². The standard InChI is InChI=1S/C7H11N2O4S/c10-3-1-2-7(14(11,12)13)6-4-8-5-9-6/h4-5,7H,1-3H2,(H,8,9)(H,11,12,13). The van der Waals surface area contributed by atoms with Crippen LogP contribution in [0.1, 0.15) is 23.8 Å². The van der Waals surface area contributed by atoms with Crippen LogP contribution in [-0.4, -0.2) is 29.5 Å². The van der Waals surface area contributed by atoms with Gasteiger partial charge in [0.1, 0.15) is 5.25 Å². The number of nitrogens with zero attached hydrogens (tertiary/aromatic N) is 1. The largest absolute Gasteiger partial charge is 0.347 e. The smallest absolute Gasteiger partial charge is 0.273 e. The van der Waals surface area contributed by atoms with E-state index in [-0.39, 0.29) is 19.4 Å². The molecular weight excluding hydrogens is 208 g/mol. The molecule has 7 heteroatoms. The summed E-state index contributed by atoms with van der Waals surface area (Å²) < 4.78 is 30.8. The molecule has 0 aromatic carbocycles. The second-order valence-electron chi connectivity index (χ2n) is 2.86. The molecule has 1 rings (SSSR count). The summed E-state index contributed by atoms with van der Waals surface area (Å²) >= 11 is 0. The predicted octanol–water partition coefficient (Wildman–Crippen LogP) is 0.549. The fourth-order valence-corrected chi connectivity index (χ4v) is 2.09. The van der Waals surface area contributed by atoms with Gasteiger partial charge >= 0.3 is 0 Å². The van der Waals surface area contributed by atoms with E-state index in [0.29, 0.717) is 5.69 Å². The van der Waals surface area contributed by atoms with Crippen molar-refractivity contribution in [1.29, 1.82) is 0 Å². The second-order valence-corrected chi connectivity index (χ2v) is 4.46. The second kappa shape index (κ2) is 4.54. The molecule has 0 spiro atoms. The third kappa shape index (κ3) is 2.79. The molecule has 0 aliphatic carbocycles. The first-order valence-electron chi connectivity index (χ1n) is 4.08. The lowest BCUT2D eigenvalue weighted by Crippen LogP contribution is -2.13. The summed E-state index contributed by atoms with van der Waals surface area (Å²) in [7, 11) is -4.17. The van der Waals surface area contributed by atoms with Gasteiger partial charge in [-0.2, -0.15) is 8.42 Å². The zero-order chi connectivity index (χ0) is 10.6. The first-order chi connectivity index (χ1) is 6.55. The molecule has 1 unspecified atom stereocenters. The Balaban J connectivity index is 2.84. The van der Waals surface area contributed by atoms with Crippen molar-refractivity contribution < 1.29 is 18.1 Å². The SMILES string of the molecule is [O]CCCC(c1cnc[nH]1)S(=O)(=O)O. The lowest BCUT2D eigenvalue weighted by molar-refractivity contribution is 0.186. The Labute approximate surface area is 81.7 Å². The van der Waals surface area contributed by atoms with Crippen molar-refractivity contribution in [2.24, 2.45) is 0 Å². The Morgan fingerprint density at radius 1 is 1.57 bits per heavy atom. The van der Waals surface area contributed by atoms with Crippen LogP contribution in [0.2, 0.25) is 0 Å². The van der Waals surface area contributed by atoms with Gasteiger partial charge in [-0.1, -0.05) is 0 Å². The third-order valence-electron chi connectivity index (χ3n) is 1.84. The third-order valence-corrected chi connectivity index (χ3v) is 3.05. The molecule has 1 heterocycles. The van der Waals surface area contributed by atoms with E-state index in [1.54, 1.807) is 0 Å². The predicted molar refractivity (Wildman–Crippen MR) is 47.7 cm³/mol. The lowest BCUT2D eigenvalue weighted by Gasteiger charge is -2.10. The van der Waals surface area contributed by atoms with Crippen LogP contribution in [0, 0.1) is 0 Å². The van der Waals surface area contributed by atoms with Crippen LogP contribution in [-0.2, 0) is 15.2 Å². The first kappa shape index (κ1) is 11.2. The minimum absolute atomic E-state index is 0.102. The molecule has 0 bridgehead atoms. The Kier molecular flexibility index (Phi) is 3.62. The van der Waals surface area contributed by atoms with E-state index >= 15 is 0 Å². The highest BCUT2D eigenvalue weighted by atomic mass is 32.2. The average Bonchev–Trinajstić information content (AvgIpc) is 2.55. The summed E-state index contributed by atoms with van der Waals surface area (Å²) in [5.41, 5.74) is 0.306. The summed E-state index contributed by atoms with van der Waals surface area (Å²) in [5.74, 6) is 0. The number of nitrogens with one attached hydrogen (secondary N) is 1. The normalized spacial score (nSPS) is 14.1. The minimum Gasteiger partial charge on any atom is -0.347 e. The highest BCUT2D eigenvalue weighted by Crippen LogP contribution is 2.24. The van der Waals surface area contributed by atoms with Crippen molar-refractivity contribution >= 4 is 10.1 Å². The van der Waals surface area contributed by atoms with Gasteiger partial charge in [0.2, 0.25) is 0 Å². The van der Waals surface area contributed by atoms with Crippen molar-refractivity contribution in [1.82, 2.24) is 9.97 Å². The number of hydrogen-bond acceptors (Lipinski definition) is 3. The molecular formula is C7H11N2O4S. The van der Waals surface area contributed by atoms with Gasteiger partial charge in [-0.05, 0) is 12.8 Å². The van der Waals surface area contributed by atoms with E-state index in [0.717, 1.165) is 0 Å². The quantitative estimate of drug-likeness (QED) is 0.705. The Morgan fingerprint density at radius 2 is 2.29 bits per heavy atom. The maximum atomic E-state index is 10.9. The maximum Gasteiger partial charge on any atom is 0.273 e. The molecule has 6 nitrogen and oxygen atoms in total. The molecule has 0 fully saturated rings. The molecule has 0 saturated heterocycles. The maximum absolute atomic E-state index is 10.9. The Hall–Kier alpha value is -0.920. The van der Waals surface area contributed by atoms with Crippen LogP contribution >= 0.6 is 0 Å². The molecule has 0 aliphatic heterocycles.